The minimum absolute atomic E-state index is 0.150. The van der Waals surface area contributed by atoms with Crippen molar-refractivity contribution in [2.75, 3.05) is 5.73 Å². The maximum Gasteiger partial charge on any atom is 0.271 e. The second-order valence-corrected chi connectivity index (χ2v) is 5.63. The molecule has 0 saturated heterocycles. The van der Waals surface area contributed by atoms with E-state index in [0.717, 1.165) is 19.3 Å². The lowest BCUT2D eigenvalue weighted by atomic mass is 9.75. The standard InChI is InChI=1S/C12H20N4O/c1-12(2)5-3-4-8(6-12)15-11(17)10-9(13)7-14-16-10/h7-8H,3-6,13H2,1-2H3,(H,14,16)(H,15,17). The first-order chi connectivity index (χ1) is 7.98. The van der Waals surface area contributed by atoms with Crippen molar-refractivity contribution in [2.45, 2.75) is 45.6 Å². The Bertz CT molecular complexity index is 410. The number of rotatable bonds is 2. The van der Waals surface area contributed by atoms with Crippen molar-refractivity contribution in [3.63, 3.8) is 0 Å². The molecule has 0 bridgehead atoms. The van der Waals surface area contributed by atoms with E-state index in [9.17, 15) is 4.79 Å². The summed E-state index contributed by atoms with van der Waals surface area (Å²) in [5.41, 5.74) is 6.73. The Morgan fingerprint density at radius 3 is 3.00 bits per heavy atom. The van der Waals surface area contributed by atoms with E-state index in [2.05, 4.69) is 29.4 Å². The van der Waals surface area contributed by atoms with Crippen molar-refractivity contribution in [1.29, 1.82) is 0 Å². The Hall–Kier alpha value is -1.52. The van der Waals surface area contributed by atoms with Gasteiger partial charge in [-0.2, -0.15) is 5.10 Å². The van der Waals surface area contributed by atoms with Gasteiger partial charge in [0.1, 0.15) is 5.69 Å². The highest BCUT2D eigenvalue weighted by Gasteiger charge is 2.29. The third-order valence-electron chi connectivity index (χ3n) is 3.44. The summed E-state index contributed by atoms with van der Waals surface area (Å²) in [5.74, 6) is -0.150. The van der Waals surface area contributed by atoms with Crippen LogP contribution in [0, 0.1) is 5.41 Å². The smallest absolute Gasteiger partial charge is 0.271 e. The van der Waals surface area contributed by atoms with Gasteiger partial charge in [0, 0.05) is 6.04 Å². The highest BCUT2D eigenvalue weighted by atomic mass is 16.2. The molecule has 1 fully saturated rings. The minimum Gasteiger partial charge on any atom is -0.396 e. The van der Waals surface area contributed by atoms with Gasteiger partial charge >= 0.3 is 0 Å². The number of carbonyl (C=O) groups is 1. The van der Waals surface area contributed by atoms with Crippen molar-refractivity contribution < 1.29 is 4.79 Å². The molecule has 0 radical (unpaired) electrons. The molecule has 1 aromatic rings. The van der Waals surface area contributed by atoms with Gasteiger partial charge in [-0.3, -0.25) is 9.89 Å². The normalized spacial score (nSPS) is 23.3. The summed E-state index contributed by atoms with van der Waals surface area (Å²) < 4.78 is 0. The Morgan fingerprint density at radius 1 is 1.65 bits per heavy atom. The predicted octanol–water partition coefficient (Wildman–Crippen LogP) is 1.69. The van der Waals surface area contributed by atoms with Gasteiger partial charge in [-0.25, -0.2) is 0 Å². The fourth-order valence-electron chi connectivity index (χ4n) is 2.56. The third kappa shape index (κ3) is 2.78. The number of hydrogen-bond donors (Lipinski definition) is 3. The number of aromatic amines is 1. The fraction of sp³-hybridized carbons (Fsp3) is 0.667. The van der Waals surface area contributed by atoms with Crippen LogP contribution in [-0.4, -0.2) is 22.1 Å². The average molecular weight is 236 g/mol. The van der Waals surface area contributed by atoms with Gasteiger partial charge in [0.25, 0.3) is 5.91 Å². The van der Waals surface area contributed by atoms with Crippen LogP contribution in [0.5, 0.6) is 0 Å². The van der Waals surface area contributed by atoms with Crippen LogP contribution in [-0.2, 0) is 0 Å². The van der Waals surface area contributed by atoms with Crippen LogP contribution in [0.4, 0.5) is 5.69 Å². The number of nitrogen functional groups attached to an aromatic ring is 1. The van der Waals surface area contributed by atoms with Gasteiger partial charge in [0.15, 0.2) is 0 Å². The average Bonchev–Trinajstić information content (AvgIpc) is 2.62. The van der Waals surface area contributed by atoms with Gasteiger partial charge in [0.05, 0.1) is 11.9 Å². The molecule has 94 valence electrons. The van der Waals surface area contributed by atoms with Crippen molar-refractivity contribution >= 4 is 11.6 Å². The maximum atomic E-state index is 11.9. The first-order valence-electron chi connectivity index (χ1n) is 6.08. The molecule has 1 amide bonds. The number of nitrogens with zero attached hydrogens (tertiary/aromatic N) is 1. The topological polar surface area (TPSA) is 83.8 Å². The number of aromatic nitrogens is 2. The predicted molar refractivity (Wildman–Crippen MR) is 66.5 cm³/mol. The zero-order valence-electron chi connectivity index (χ0n) is 10.4. The number of anilines is 1. The molecule has 5 nitrogen and oxygen atoms in total. The number of nitrogens with one attached hydrogen (secondary N) is 2. The van der Waals surface area contributed by atoms with Crippen molar-refractivity contribution in [1.82, 2.24) is 15.5 Å². The molecular weight excluding hydrogens is 216 g/mol. The summed E-state index contributed by atoms with van der Waals surface area (Å²) in [6, 6.07) is 0.244. The number of nitrogens with two attached hydrogens (primary N) is 1. The van der Waals surface area contributed by atoms with Gasteiger partial charge < -0.3 is 11.1 Å². The van der Waals surface area contributed by atoms with E-state index in [-0.39, 0.29) is 11.9 Å². The molecule has 0 aromatic carbocycles. The summed E-state index contributed by atoms with van der Waals surface area (Å²) in [6.45, 7) is 4.49. The molecule has 1 aromatic heterocycles. The number of carbonyl (C=O) groups excluding carboxylic acids is 1. The van der Waals surface area contributed by atoms with E-state index < -0.39 is 0 Å². The maximum absolute atomic E-state index is 11.9. The molecule has 1 aliphatic carbocycles. The summed E-state index contributed by atoms with van der Waals surface area (Å²) >= 11 is 0. The molecular formula is C12H20N4O. The molecule has 1 saturated carbocycles. The van der Waals surface area contributed by atoms with E-state index in [0.29, 0.717) is 16.8 Å². The van der Waals surface area contributed by atoms with Crippen LogP contribution in [0.25, 0.3) is 0 Å². The molecule has 0 aliphatic heterocycles. The van der Waals surface area contributed by atoms with Crippen molar-refractivity contribution in [3.8, 4) is 0 Å². The molecule has 5 heteroatoms. The summed E-state index contributed by atoms with van der Waals surface area (Å²) in [7, 11) is 0. The number of H-pyrrole nitrogens is 1. The lowest BCUT2D eigenvalue weighted by Gasteiger charge is -2.35. The molecule has 1 atom stereocenters. The lowest BCUT2D eigenvalue weighted by Crippen LogP contribution is -2.41. The van der Waals surface area contributed by atoms with Gasteiger partial charge in [0.2, 0.25) is 0 Å². The van der Waals surface area contributed by atoms with Crippen LogP contribution in [0.2, 0.25) is 0 Å². The zero-order chi connectivity index (χ0) is 12.5. The molecule has 0 spiro atoms. The summed E-state index contributed by atoms with van der Waals surface area (Å²) in [6.07, 6.45) is 5.91. The number of hydrogen-bond acceptors (Lipinski definition) is 3. The van der Waals surface area contributed by atoms with Gasteiger partial charge in [-0.05, 0) is 24.7 Å². The Kier molecular flexibility index (Phi) is 3.09. The quantitative estimate of drug-likeness (QED) is 0.730. The number of amides is 1. The van der Waals surface area contributed by atoms with Crippen LogP contribution < -0.4 is 11.1 Å². The lowest BCUT2D eigenvalue weighted by molar-refractivity contribution is 0.0898. The van der Waals surface area contributed by atoms with E-state index >= 15 is 0 Å². The largest absolute Gasteiger partial charge is 0.396 e. The zero-order valence-corrected chi connectivity index (χ0v) is 10.4. The van der Waals surface area contributed by atoms with E-state index in [1.165, 1.54) is 12.6 Å². The Balaban J connectivity index is 1.98. The Morgan fingerprint density at radius 2 is 2.41 bits per heavy atom. The highest BCUT2D eigenvalue weighted by Crippen LogP contribution is 2.35. The SMILES string of the molecule is CC1(C)CCCC(NC(=O)c2[nH]ncc2N)C1. The van der Waals surface area contributed by atoms with Crippen LogP contribution in [0.15, 0.2) is 6.20 Å². The van der Waals surface area contributed by atoms with Gasteiger partial charge in [-0.1, -0.05) is 20.3 Å². The molecule has 1 unspecified atom stereocenters. The summed E-state index contributed by atoms with van der Waals surface area (Å²) in [4.78, 5) is 11.9. The van der Waals surface area contributed by atoms with E-state index in [1.807, 2.05) is 0 Å². The first-order valence-corrected chi connectivity index (χ1v) is 6.08. The monoisotopic (exact) mass is 236 g/mol. The highest BCUT2D eigenvalue weighted by molar-refractivity contribution is 5.97. The molecule has 2 rings (SSSR count). The van der Waals surface area contributed by atoms with Crippen LogP contribution in [0.1, 0.15) is 50.0 Å². The Labute approximate surface area is 101 Å². The molecule has 4 N–H and O–H groups in total. The van der Waals surface area contributed by atoms with Crippen LogP contribution >= 0.6 is 0 Å². The van der Waals surface area contributed by atoms with E-state index in [4.69, 9.17) is 5.73 Å². The van der Waals surface area contributed by atoms with Crippen molar-refractivity contribution in [2.24, 2.45) is 5.41 Å². The van der Waals surface area contributed by atoms with Gasteiger partial charge in [-0.15, -0.1) is 0 Å². The van der Waals surface area contributed by atoms with Crippen LogP contribution in [0.3, 0.4) is 0 Å². The minimum atomic E-state index is -0.150. The first kappa shape index (κ1) is 12.0. The van der Waals surface area contributed by atoms with Crippen molar-refractivity contribution in [3.05, 3.63) is 11.9 Å². The molecule has 17 heavy (non-hydrogen) atoms. The van der Waals surface area contributed by atoms with E-state index in [1.54, 1.807) is 0 Å². The summed E-state index contributed by atoms with van der Waals surface area (Å²) in [5, 5.41) is 9.41. The molecule has 1 heterocycles. The third-order valence-corrected chi connectivity index (χ3v) is 3.44. The fourth-order valence-corrected chi connectivity index (χ4v) is 2.56. The second-order valence-electron chi connectivity index (χ2n) is 5.63. The molecule has 1 aliphatic rings. The second kappa shape index (κ2) is 4.39.